The second-order valence-electron chi connectivity index (χ2n) is 8.88. The molecule has 2 aromatic carbocycles. The first-order valence-electron chi connectivity index (χ1n) is 12.5. The van der Waals surface area contributed by atoms with Gasteiger partial charge in [0.2, 0.25) is 0 Å². The lowest BCUT2D eigenvalue weighted by molar-refractivity contribution is -0.117. The van der Waals surface area contributed by atoms with Gasteiger partial charge in [0.25, 0.3) is 11.8 Å². The second kappa shape index (κ2) is 11.2. The molecule has 0 spiro atoms. The number of hydrogen-bond donors (Lipinski definition) is 1. The van der Waals surface area contributed by atoms with E-state index < -0.39 is 11.4 Å². The molecule has 2 aromatic heterocycles. The maximum absolute atomic E-state index is 13.5. The third-order valence-corrected chi connectivity index (χ3v) is 6.32. The van der Waals surface area contributed by atoms with Gasteiger partial charge in [0.05, 0.1) is 0 Å². The Bertz CT molecular complexity index is 1760. The molecule has 0 atom stereocenters. The summed E-state index contributed by atoms with van der Waals surface area (Å²) >= 11 is 0. The van der Waals surface area contributed by atoms with Crippen molar-refractivity contribution in [3.63, 3.8) is 0 Å². The van der Waals surface area contributed by atoms with Gasteiger partial charge in [-0.15, -0.1) is 0 Å². The molecule has 7 nitrogen and oxygen atoms in total. The third-order valence-electron chi connectivity index (χ3n) is 6.32. The average Bonchev–Trinajstić information content (AvgIpc) is 3.33. The number of nitrogens with one attached hydrogen (secondary N) is 1. The summed E-state index contributed by atoms with van der Waals surface area (Å²) in [6.45, 7) is 2.93. The van der Waals surface area contributed by atoms with Crippen LogP contribution in [0.5, 0.6) is 0 Å². The fraction of sp³-hybridized carbons (Fsp3) is 0.129. The van der Waals surface area contributed by atoms with Crippen LogP contribution in [0.1, 0.15) is 17.3 Å². The number of halogens is 1. The summed E-state index contributed by atoms with van der Waals surface area (Å²) < 4.78 is 24.7. The number of allylic oxidation sites excluding steroid dienone is 6. The lowest BCUT2D eigenvalue weighted by Gasteiger charge is -2.21. The Morgan fingerprint density at radius 2 is 1.64 bits per heavy atom. The van der Waals surface area contributed by atoms with E-state index in [1.54, 1.807) is 59.5 Å². The van der Waals surface area contributed by atoms with Crippen molar-refractivity contribution in [2.75, 3.05) is 19.6 Å². The van der Waals surface area contributed by atoms with E-state index >= 15 is 0 Å². The van der Waals surface area contributed by atoms with Gasteiger partial charge in [-0.25, -0.2) is 9.18 Å². The molecule has 1 aliphatic rings. The van der Waals surface area contributed by atoms with Crippen molar-refractivity contribution in [1.82, 2.24) is 10.2 Å². The topological polar surface area (TPSA) is 92.8 Å². The molecule has 196 valence electrons. The minimum absolute atomic E-state index is 0.149. The van der Waals surface area contributed by atoms with Crippen molar-refractivity contribution in [2.24, 2.45) is 0 Å². The predicted molar refractivity (Wildman–Crippen MR) is 148 cm³/mol. The molecular weight excluding hydrogens is 499 g/mol. The van der Waals surface area contributed by atoms with Crippen LogP contribution in [0.4, 0.5) is 4.39 Å². The third kappa shape index (κ3) is 5.65. The number of hydrogen-bond acceptors (Lipinski definition) is 5. The summed E-state index contributed by atoms with van der Waals surface area (Å²) in [6.07, 6.45) is 12.6. The van der Waals surface area contributed by atoms with Gasteiger partial charge in [0.1, 0.15) is 28.3 Å². The molecule has 5 rings (SSSR count). The van der Waals surface area contributed by atoms with E-state index in [-0.39, 0.29) is 35.3 Å². The molecule has 8 heteroatoms. The fourth-order valence-corrected chi connectivity index (χ4v) is 4.26. The highest BCUT2D eigenvalue weighted by atomic mass is 19.1. The Morgan fingerprint density at radius 3 is 2.49 bits per heavy atom. The summed E-state index contributed by atoms with van der Waals surface area (Å²) in [5, 5.41) is 4.12. The van der Waals surface area contributed by atoms with E-state index in [0.29, 0.717) is 40.6 Å². The largest absolute Gasteiger partial charge is 0.456 e. The number of furan rings is 1. The molecule has 39 heavy (non-hydrogen) atoms. The number of benzene rings is 2. The van der Waals surface area contributed by atoms with E-state index in [0.717, 1.165) is 6.07 Å². The SMILES string of the molecule is CCN(CCNC(=O)C1=C/C=C\C=C/C=C\1)C(=O)c1ccc2cc(-c3cc4ccc(F)cc4oc3=O)oc2c1. The lowest BCUT2D eigenvalue weighted by atomic mass is 10.1. The average molecular weight is 525 g/mol. The highest BCUT2D eigenvalue weighted by molar-refractivity contribution is 5.99. The lowest BCUT2D eigenvalue weighted by Crippen LogP contribution is -2.38. The second-order valence-corrected chi connectivity index (χ2v) is 8.88. The van der Waals surface area contributed by atoms with Gasteiger partial charge >= 0.3 is 5.63 Å². The normalized spacial score (nSPS) is 16.6. The van der Waals surface area contributed by atoms with E-state index in [4.69, 9.17) is 8.83 Å². The molecule has 0 unspecified atom stereocenters. The van der Waals surface area contributed by atoms with Crippen molar-refractivity contribution in [3.05, 3.63) is 118 Å². The molecule has 1 aliphatic carbocycles. The van der Waals surface area contributed by atoms with E-state index in [2.05, 4.69) is 5.32 Å². The Kier molecular flexibility index (Phi) is 7.36. The molecule has 0 fully saturated rings. The Morgan fingerprint density at radius 1 is 0.897 bits per heavy atom. The zero-order valence-electron chi connectivity index (χ0n) is 21.1. The van der Waals surface area contributed by atoms with Crippen LogP contribution < -0.4 is 10.9 Å². The highest BCUT2D eigenvalue weighted by Crippen LogP contribution is 2.29. The summed E-state index contributed by atoms with van der Waals surface area (Å²) in [5.74, 6) is -0.644. The number of amides is 2. The van der Waals surface area contributed by atoms with Crippen molar-refractivity contribution >= 4 is 33.8 Å². The molecule has 1 N–H and O–H groups in total. The summed E-state index contributed by atoms with van der Waals surface area (Å²) in [4.78, 5) is 39.9. The monoisotopic (exact) mass is 524 g/mol. The van der Waals surface area contributed by atoms with Crippen LogP contribution in [-0.4, -0.2) is 36.3 Å². The maximum atomic E-state index is 13.5. The smallest absolute Gasteiger partial charge is 0.347 e. The van der Waals surface area contributed by atoms with Gasteiger partial charge in [0, 0.05) is 47.6 Å². The Balaban J connectivity index is 1.30. The summed E-state index contributed by atoms with van der Waals surface area (Å²) in [5.41, 5.74) is 1.07. The predicted octanol–water partition coefficient (Wildman–Crippen LogP) is 5.53. The molecule has 4 aromatic rings. The Hall–Kier alpha value is -4.98. The standard InChI is InChI=1S/C31H25FN2O5/c1-2-34(15-14-33-29(35)20-8-6-4-3-5-7-9-20)30(36)23-11-10-22-17-28(38-26(22)18-23)25-16-21-12-13-24(32)19-27(21)39-31(25)37/h3-13,16-19H,2,14-15H2,1H3,(H,33,35)/b4-3-,5-3?,6-4?,7-5-,8-6-,9-7?,20-8?,20-9+. The molecule has 0 saturated heterocycles. The first kappa shape index (κ1) is 25.7. The van der Waals surface area contributed by atoms with Crippen LogP contribution in [0.25, 0.3) is 33.3 Å². The van der Waals surface area contributed by atoms with E-state index in [1.807, 2.05) is 25.2 Å². The number of nitrogens with zero attached hydrogens (tertiary/aromatic N) is 1. The van der Waals surface area contributed by atoms with Crippen molar-refractivity contribution in [3.8, 4) is 11.3 Å². The van der Waals surface area contributed by atoms with Crippen LogP contribution in [-0.2, 0) is 4.79 Å². The van der Waals surface area contributed by atoms with Crippen LogP contribution in [0.2, 0.25) is 0 Å². The maximum Gasteiger partial charge on any atom is 0.347 e. The number of likely N-dealkylation sites (N-methyl/N-ethyl adjacent to an activating group) is 1. The van der Waals surface area contributed by atoms with Crippen LogP contribution in [0.15, 0.2) is 110 Å². The fourth-order valence-electron chi connectivity index (χ4n) is 4.26. The molecular formula is C31H25FN2O5. The quantitative estimate of drug-likeness (QED) is 0.321. The van der Waals surface area contributed by atoms with Gasteiger partial charge < -0.3 is 19.1 Å². The van der Waals surface area contributed by atoms with E-state index in [1.165, 1.54) is 12.1 Å². The van der Waals surface area contributed by atoms with Crippen molar-refractivity contribution < 1.29 is 22.8 Å². The number of fused-ring (bicyclic) bond motifs is 2. The minimum Gasteiger partial charge on any atom is -0.456 e. The van der Waals surface area contributed by atoms with Crippen LogP contribution in [0, 0.1) is 5.82 Å². The zero-order valence-corrected chi connectivity index (χ0v) is 21.1. The highest BCUT2D eigenvalue weighted by Gasteiger charge is 2.18. The molecule has 0 radical (unpaired) electrons. The van der Waals surface area contributed by atoms with Gasteiger partial charge in [0.15, 0.2) is 0 Å². The molecule has 0 saturated carbocycles. The van der Waals surface area contributed by atoms with Gasteiger partial charge in [-0.3, -0.25) is 9.59 Å². The summed E-state index contributed by atoms with van der Waals surface area (Å²) in [7, 11) is 0. The van der Waals surface area contributed by atoms with Gasteiger partial charge in [-0.05, 0) is 55.5 Å². The first-order valence-corrected chi connectivity index (χ1v) is 12.5. The summed E-state index contributed by atoms with van der Waals surface area (Å²) in [6, 6.07) is 12.3. The molecule has 0 aliphatic heterocycles. The zero-order chi connectivity index (χ0) is 27.4. The molecule has 0 bridgehead atoms. The number of carbonyl (C=O) groups is 2. The first-order chi connectivity index (χ1) is 18.9. The van der Waals surface area contributed by atoms with Gasteiger partial charge in [-0.2, -0.15) is 0 Å². The molecule has 2 heterocycles. The number of carbonyl (C=O) groups excluding carboxylic acids is 2. The minimum atomic E-state index is -0.652. The van der Waals surface area contributed by atoms with Crippen LogP contribution in [0.3, 0.4) is 0 Å². The molecule has 2 amide bonds. The Labute approximate surface area is 223 Å². The van der Waals surface area contributed by atoms with Crippen LogP contribution >= 0.6 is 0 Å². The number of rotatable bonds is 7. The van der Waals surface area contributed by atoms with Crippen molar-refractivity contribution in [2.45, 2.75) is 6.92 Å². The van der Waals surface area contributed by atoms with Crippen molar-refractivity contribution in [1.29, 1.82) is 0 Å². The van der Waals surface area contributed by atoms with Gasteiger partial charge in [-0.1, -0.05) is 36.4 Å². The van der Waals surface area contributed by atoms with E-state index in [9.17, 15) is 18.8 Å².